The zero-order valence-corrected chi connectivity index (χ0v) is 29.4. The van der Waals surface area contributed by atoms with Crippen LogP contribution >= 0.6 is 0 Å². The second kappa shape index (κ2) is 14.6. The second-order valence-corrected chi connectivity index (χ2v) is 13.6. The molecule has 3 amide bonds. The van der Waals surface area contributed by atoms with Crippen LogP contribution in [0, 0.1) is 0 Å². The van der Waals surface area contributed by atoms with Gasteiger partial charge in [-0.1, -0.05) is 24.3 Å². The van der Waals surface area contributed by atoms with Crippen molar-refractivity contribution >= 4 is 29.1 Å². The minimum absolute atomic E-state index is 0.0165. The molecule has 3 aliphatic heterocycles. The predicted octanol–water partition coefficient (Wildman–Crippen LogP) is 4.36. The monoisotopic (exact) mass is 731 g/mol. The molecule has 53 heavy (non-hydrogen) atoms. The first kappa shape index (κ1) is 36.1. The fourth-order valence-electron chi connectivity index (χ4n) is 6.99. The van der Waals surface area contributed by atoms with Crippen LogP contribution < -0.4 is 15.5 Å². The summed E-state index contributed by atoms with van der Waals surface area (Å²) in [5.41, 5.74) is 1.80. The number of nitrogens with one attached hydrogen (secondary N) is 2. The van der Waals surface area contributed by atoms with Crippen molar-refractivity contribution in [3.8, 4) is 0 Å². The fourth-order valence-corrected chi connectivity index (χ4v) is 6.99. The molecule has 0 unspecified atom stereocenters. The summed E-state index contributed by atoms with van der Waals surface area (Å²) in [6, 6.07) is 21.2. The Morgan fingerprint density at radius 2 is 1.45 bits per heavy atom. The highest BCUT2D eigenvalue weighted by atomic mass is 19.4. The summed E-state index contributed by atoms with van der Waals surface area (Å²) in [6.07, 6.45) is -4.81. The van der Waals surface area contributed by atoms with E-state index in [1.54, 1.807) is 74.8 Å². The molecule has 15 heteroatoms. The van der Waals surface area contributed by atoms with Crippen LogP contribution in [0.15, 0.2) is 72.8 Å². The maximum absolute atomic E-state index is 14.5. The van der Waals surface area contributed by atoms with E-state index >= 15 is 0 Å². The number of carbonyl (C=O) groups excluding carboxylic acids is 3. The molecule has 7 rings (SSSR count). The largest absolute Gasteiger partial charge is 0.435 e. The zero-order chi connectivity index (χ0) is 37.3. The average molecular weight is 732 g/mol. The molecular formula is C38H40F3N7O5. The number of nitrogens with zero attached hydrogens (tertiary/aromatic N) is 5. The number of fused-ring (bicyclic) bond motifs is 2. The van der Waals surface area contributed by atoms with Crippen LogP contribution in [-0.2, 0) is 40.8 Å². The number of carbonyl (C=O) groups is 3. The van der Waals surface area contributed by atoms with Crippen molar-refractivity contribution in [1.82, 2.24) is 24.7 Å². The molecule has 0 aliphatic carbocycles. The van der Waals surface area contributed by atoms with Gasteiger partial charge >= 0.3 is 6.18 Å². The van der Waals surface area contributed by atoms with Gasteiger partial charge in [0.2, 0.25) is 0 Å². The Morgan fingerprint density at radius 1 is 0.811 bits per heavy atom. The Kier molecular flexibility index (Phi) is 9.98. The lowest BCUT2D eigenvalue weighted by Gasteiger charge is -2.52. The van der Waals surface area contributed by atoms with Gasteiger partial charge in [0.05, 0.1) is 32.1 Å². The van der Waals surface area contributed by atoms with Crippen LogP contribution in [0.4, 0.5) is 24.5 Å². The minimum atomic E-state index is -4.81. The van der Waals surface area contributed by atoms with E-state index in [-0.39, 0.29) is 49.6 Å². The molecule has 0 saturated carbocycles. The van der Waals surface area contributed by atoms with E-state index in [0.717, 1.165) is 24.3 Å². The first-order valence-corrected chi connectivity index (χ1v) is 17.4. The second-order valence-electron chi connectivity index (χ2n) is 13.6. The third-order valence-corrected chi connectivity index (χ3v) is 9.91. The van der Waals surface area contributed by atoms with Gasteiger partial charge in [-0.3, -0.25) is 19.3 Å². The lowest BCUT2D eigenvalue weighted by atomic mass is 9.86. The van der Waals surface area contributed by atoms with Crippen molar-refractivity contribution < 1.29 is 37.0 Å². The molecule has 0 bridgehead atoms. The molecule has 1 aromatic heterocycles. The third kappa shape index (κ3) is 7.36. The van der Waals surface area contributed by atoms with Gasteiger partial charge in [0, 0.05) is 75.9 Å². The number of anilines is 2. The number of hydrogen-bond acceptors (Lipinski definition) is 8. The quantitative estimate of drug-likeness (QED) is 0.261. The Bertz CT molecular complexity index is 1970. The van der Waals surface area contributed by atoms with Crippen molar-refractivity contribution in [1.29, 1.82) is 0 Å². The number of aromatic nitrogens is 2. The molecule has 1 spiro atoms. The maximum Gasteiger partial charge on any atom is 0.435 e. The zero-order valence-electron chi connectivity index (χ0n) is 29.4. The highest BCUT2D eigenvalue weighted by Gasteiger charge is 2.56. The fraction of sp³-hybridized carbons (Fsp3) is 0.368. The molecule has 4 heterocycles. The molecule has 4 aromatic rings. The lowest BCUT2D eigenvalue weighted by Crippen LogP contribution is -2.63. The number of ether oxygens (including phenoxy) is 2. The number of alkyl halides is 3. The van der Waals surface area contributed by atoms with Gasteiger partial charge in [-0.15, -0.1) is 0 Å². The summed E-state index contributed by atoms with van der Waals surface area (Å²) in [5, 5.41) is 5.59. The molecule has 3 aliphatic rings. The minimum Gasteiger partial charge on any atom is -0.378 e. The van der Waals surface area contributed by atoms with Crippen molar-refractivity contribution in [2.75, 3.05) is 70.4 Å². The van der Waals surface area contributed by atoms with E-state index in [4.69, 9.17) is 9.47 Å². The molecule has 12 nitrogen and oxygen atoms in total. The van der Waals surface area contributed by atoms with Crippen LogP contribution in [-0.4, -0.2) is 97.2 Å². The summed E-state index contributed by atoms with van der Waals surface area (Å²) in [7, 11) is 3.32. The van der Waals surface area contributed by atoms with Crippen LogP contribution in [0.25, 0.3) is 0 Å². The molecule has 2 fully saturated rings. The van der Waals surface area contributed by atoms with Crippen molar-refractivity contribution in [2.45, 2.75) is 31.3 Å². The van der Waals surface area contributed by atoms with Gasteiger partial charge in [0.25, 0.3) is 17.7 Å². The van der Waals surface area contributed by atoms with Crippen LogP contribution in [0.5, 0.6) is 0 Å². The number of halogens is 3. The summed E-state index contributed by atoms with van der Waals surface area (Å²) in [6.45, 7) is 3.79. The number of rotatable bonds is 9. The Balaban J connectivity index is 1.01. The van der Waals surface area contributed by atoms with Crippen LogP contribution in [0.1, 0.15) is 53.8 Å². The first-order chi connectivity index (χ1) is 25.4. The molecule has 0 atom stereocenters. The summed E-state index contributed by atoms with van der Waals surface area (Å²) >= 11 is 0. The van der Waals surface area contributed by atoms with Crippen LogP contribution in [0.2, 0.25) is 0 Å². The van der Waals surface area contributed by atoms with E-state index in [9.17, 15) is 27.6 Å². The smallest absolute Gasteiger partial charge is 0.378 e. The maximum atomic E-state index is 14.5. The van der Waals surface area contributed by atoms with Gasteiger partial charge in [0.1, 0.15) is 5.54 Å². The molecular weight excluding hydrogens is 691 g/mol. The van der Waals surface area contributed by atoms with Crippen LogP contribution in [0.3, 0.4) is 0 Å². The van der Waals surface area contributed by atoms with Gasteiger partial charge in [-0.2, -0.15) is 13.2 Å². The number of benzene rings is 3. The Labute approximate surface area is 304 Å². The number of imidazole rings is 1. The van der Waals surface area contributed by atoms with E-state index in [2.05, 4.69) is 20.5 Å². The van der Waals surface area contributed by atoms with Crippen molar-refractivity contribution in [3.63, 3.8) is 0 Å². The highest BCUT2D eigenvalue weighted by Crippen LogP contribution is 2.46. The van der Waals surface area contributed by atoms with Crippen molar-refractivity contribution in [3.05, 3.63) is 112 Å². The highest BCUT2D eigenvalue weighted by molar-refractivity contribution is 6.04. The van der Waals surface area contributed by atoms with Gasteiger partial charge < -0.3 is 34.5 Å². The van der Waals surface area contributed by atoms with Crippen molar-refractivity contribution in [2.24, 2.45) is 0 Å². The number of morpholine rings is 1. The van der Waals surface area contributed by atoms with E-state index < -0.39 is 23.3 Å². The summed E-state index contributed by atoms with van der Waals surface area (Å²) < 4.78 is 55.9. The van der Waals surface area contributed by atoms with E-state index in [0.29, 0.717) is 48.7 Å². The SMILES string of the molecule is CN(C)C(=O)c1ccc(CN2CCn3c(C(=O)NCc4ccc(NC(=O)c5ccc(N6CCOCC6)cc5)cc4)nc(C(F)(F)F)c3C23COC3)cc1. The normalized spacial score (nSPS) is 16.8. The first-order valence-electron chi connectivity index (χ1n) is 17.4. The molecule has 278 valence electrons. The van der Waals surface area contributed by atoms with Gasteiger partial charge in [0.15, 0.2) is 11.5 Å². The summed E-state index contributed by atoms with van der Waals surface area (Å²) in [5.74, 6) is -1.46. The lowest BCUT2D eigenvalue weighted by molar-refractivity contribution is -0.174. The molecule has 3 aromatic carbocycles. The Hall–Kier alpha value is -5.25. The third-order valence-electron chi connectivity index (χ3n) is 9.91. The summed E-state index contributed by atoms with van der Waals surface area (Å²) in [4.78, 5) is 48.2. The van der Waals surface area contributed by atoms with Gasteiger partial charge in [-0.05, 0) is 59.7 Å². The predicted molar refractivity (Wildman–Crippen MR) is 190 cm³/mol. The average Bonchev–Trinajstić information content (AvgIpc) is 3.55. The topological polar surface area (TPSA) is 121 Å². The molecule has 0 radical (unpaired) electrons. The number of amides is 3. The van der Waals surface area contributed by atoms with Gasteiger partial charge in [-0.25, -0.2) is 4.98 Å². The molecule has 2 N–H and O–H groups in total. The molecule has 2 saturated heterocycles. The standard InChI is InChI=1S/C38H40F3N7O5/c1-45(2)36(51)28-7-3-26(4-8-28)22-47-15-16-48-32(37(47)23-53-24-37)31(38(39,40)41)44-33(48)35(50)42-21-25-5-11-29(12-6-25)43-34(49)27-9-13-30(14-10-27)46-17-19-52-20-18-46/h3-14H,15-24H2,1-2H3,(H,42,50)(H,43,49). The number of hydrogen-bond donors (Lipinski definition) is 2. The van der Waals surface area contributed by atoms with E-state index in [1.165, 1.54) is 9.47 Å². The Morgan fingerprint density at radius 3 is 2.06 bits per heavy atom. The van der Waals surface area contributed by atoms with E-state index in [1.807, 2.05) is 17.0 Å².